The summed E-state index contributed by atoms with van der Waals surface area (Å²) in [7, 11) is 0. The Kier molecular flexibility index (Phi) is 2.78. The number of benzene rings is 1. The van der Waals surface area contributed by atoms with Crippen LogP contribution in [0.1, 0.15) is 5.76 Å². The van der Waals surface area contributed by atoms with Crippen molar-refractivity contribution in [2.75, 3.05) is 0 Å². The van der Waals surface area contributed by atoms with Crippen molar-refractivity contribution in [2.45, 2.75) is 11.7 Å². The number of nitrogens with two attached hydrogens (primary N) is 1. The molecule has 4 nitrogen and oxygen atoms in total. The van der Waals surface area contributed by atoms with E-state index in [0.29, 0.717) is 0 Å². The van der Waals surface area contributed by atoms with Crippen LogP contribution in [0.4, 0.5) is 17.6 Å². The van der Waals surface area contributed by atoms with Gasteiger partial charge in [0.1, 0.15) is 17.2 Å². The van der Waals surface area contributed by atoms with Gasteiger partial charge in [0.15, 0.2) is 0 Å². The lowest BCUT2D eigenvalue weighted by atomic mass is 9.97. The van der Waals surface area contributed by atoms with Crippen molar-refractivity contribution in [3.63, 3.8) is 0 Å². The van der Waals surface area contributed by atoms with Crippen LogP contribution >= 0.6 is 0 Å². The van der Waals surface area contributed by atoms with Gasteiger partial charge in [0.05, 0.1) is 0 Å². The predicted octanol–water partition coefficient (Wildman–Crippen LogP) is 2.37. The second-order valence-electron chi connectivity index (χ2n) is 3.90. The van der Waals surface area contributed by atoms with Crippen LogP contribution in [-0.4, -0.2) is 17.3 Å². The topological polar surface area (TPSA) is 76.5 Å². The molecule has 2 rings (SSSR count). The highest BCUT2D eigenvalue weighted by Crippen LogP contribution is 2.39. The molecule has 1 unspecified atom stereocenters. The molecule has 0 saturated carbocycles. The van der Waals surface area contributed by atoms with Crippen LogP contribution in [0.2, 0.25) is 0 Å². The van der Waals surface area contributed by atoms with Gasteiger partial charge < -0.3 is 15.3 Å². The molecule has 0 bridgehead atoms. The largest absolute Gasteiger partial charge is 0.479 e. The molecule has 1 aromatic heterocycles. The second-order valence-corrected chi connectivity index (χ2v) is 3.90. The standard InChI is InChI=1S/C11H7F4NO3/c12-6-1-2-7-5(3-6)4-8(19-7)10(16,9(17)18)11(13,14)15/h1-4H,16H2,(H,17,18). The Morgan fingerprint density at radius 1 is 1.26 bits per heavy atom. The van der Waals surface area contributed by atoms with Gasteiger partial charge >= 0.3 is 12.1 Å². The Morgan fingerprint density at radius 2 is 1.89 bits per heavy atom. The Bertz CT molecular complexity index is 649. The van der Waals surface area contributed by atoms with Gasteiger partial charge in [0.2, 0.25) is 0 Å². The monoisotopic (exact) mass is 277 g/mol. The summed E-state index contributed by atoms with van der Waals surface area (Å²) in [6.07, 6.45) is -5.26. The van der Waals surface area contributed by atoms with E-state index in [2.05, 4.69) is 0 Å². The quantitative estimate of drug-likeness (QED) is 0.826. The first kappa shape index (κ1) is 13.3. The first-order valence-electron chi connectivity index (χ1n) is 4.95. The van der Waals surface area contributed by atoms with Gasteiger partial charge in [-0.15, -0.1) is 0 Å². The molecule has 19 heavy (non-hydrogen) atoms. The first-order chi connectivity index (χ1) is 8.66. The third-order valence-electron chi connectivity index (χ3n) is 2.65. The van der Waals surface area contributed by atoms with Crippen molar-refractivity contribution in [2.24, 2.45) is 5.73 Å². The third-order valence-corrected chi connectivity index (χ3v) is 2.65. The molecule has 0 aliphatic rings. The molecule has 3 N–H and O–H groups in total. The molecule has 1 aromatic carbocycles. The van der Waals surface area contributed by atoms with Crippen LogP contribution in [0.5, 0.6) is 0 Å². The van der Waals surface area contributed by atoms with Gasteiger partial charge in [-0.1, -0.05) is 0 Å². The van der Waals surface area contributed by atoms with E-state index in [0.717, 1.165) is 24.3 Å². The average molecular weight is 277 g/mol. The van der Waals surface area contributed by atoms with E-state index in [1.54, 1.807) is 0 Å². The average Bonchev–Trinajstić information content (AvgIpc) is 2.68. The summed E-state index contributed by atoms with van der Waals surface area (Å²) in [6.45, 7) is 0. The highest BCUT2D eigenvalue weighted by atomic mass is 19.4. The Balaban J connectivity index is 2.67. The molecule has 1 atom stereocenters. The van der Waals surface area contributed by atoms with E-state index in [1.807, 2.05) is 0 Å². The van der Waals surface area contributed by atoms with Gasteiger partial charge in [-0.05, 0) is 24.3 Å². The van der Waals surface area contributed by atoms with E-state index in [9.17, 15) is 22.4 Å². The summed E-state index contributed by atoms with van der Waals surface area (Å²) in [5, 5.41) is 8.72. The van der Waals surface area contributed by atoms with Crippen LogP contribution in [0.3, 0.4) is 0 Å². The van der Waals surface area contributed by atoms with E-state index in [-0.39, 0.29) is 11.0 Å². The Labute approximate surface area is 103 Å². The number of carbonyl (C=O) groups is 1. The summed E-state index contributed by atoms with van der Waals surface area (Å²) < 4.78 is 56.1. The van der Waals surface area contributed by atoms with Gasteiger partial charge in [0, 0.05) is 5.39 Å². The molecule has 0 saturated heterocycles. The van der Waals surface area contributed by atoms with E-state index >= 15 is 0 Å². The highest BCUT2D eigenvalue weighted by Gasteiger charge is 2.62. The molecule has 0 spiro atoms. The van der Waals surface area contributed by atoms with E-state index < -0.39 is 29.3 Å². The van der Waals surface area contributed by atoms with E-state index in [1.165, 1.54) is 0 Å². The zero-order valence-corrected chi connectivity index (χ0v) is 9.16. The number of carboxylic acids is 1. The number of halogens is 4. The maximum Gasteiger partial charge on any atom is 0.424 e. The number of carboxylic acid groups (broad SMARTS) is 1. The number of furan rings is 1. The summed E-state index contributed by atoms with van der Waals surface area (Å²) in [4.78, 5) is 10.8. The third kappa shape index (κ3) is 1.93. The molecule has 0 aliphatic heterocycles. The highest BCUT2D eigenvalue weighted by molar-refractivity contribution is 5.85. The van der Waals surface area contributed by atoms with Crippen molar-refractivity contribution in [3.8, 4) is 0 Å². The van der Waals surface area contributed by atoms with Crippen LogP contribution in [0.25, 0.3) is 11.0 Å². The van der Waals surface area contributed by atoms with Gasteiger partial charge in [-0.2, -0.15) is 13.2 Å². The Morgan fingerprint density at radius 3 is 2.42 bits per heavy atom. The fraction of sp³-hybridized carbons (Fsp3) is 0.182. The number of fused-ring (bicyclic) bond motifs is 1. The van der Waals surface area contributed by atoms with Gasteiger partial charge in [-0.3, -0.25) is 0 Å². The fourth-order valence-electron chi connectivity index (χ4n) is 1.57. The summed E-state index contributed by atoms with van der Waals surface area (Å²) in [5.41, 5.74) is 1.16. The van der Waals surface area contributed by atoms with Crippen molar-refractivity contribution >= 4 is 16.9 Å². The lowest BCUT2D eigenvalue weighted by Crippen LogP contribution is -2.56. The fourth-order valence-corrected chi connectivity index (χ4v) is 1.57. The lowest BCUT2D eigenvalue weighted by molar-refractivity contribution is -0.208. The second kappa shape index (κ2) is 3.95. The number of hydrogen-bond donors (Lipinski definition) is 2. The normalized spacial score (nSPS) is 15.4. The molecule has 0 amide bonds. The molecular weight excluding hydrogens is 270 g/mol. The summed E-state index contributed by atoms with van der Waals surface area (Å²) in [5.74, 6) is -4.00. The van der Waals surface area contributed by atoms with Crippen molar-refractivity contribution in [1.29, 1.82) is 0 Å². The molecule has 102 valence electrons. The summed E-state index contributed by atoms with van der Waals surface area (Å²) in [6, 6.07) is 3.75. The number of hydrogen-bond acceptors (Lipinski definition) is 3. The first-order valence-corrected chi connectivity index (χ1v) is 4.95. The van der Waals surface area contributed by atoms with Crippen LogP contribution in [0.15, 0.2) is 28.7 Å². The molecular formula is C11H7F4NO3. The van der Waals surface area contributed by atoms with Crippen molar-refractivity contribution in [3.05, 3.63) is 35.8 Å². The minimum atomic E-state index is -5.26. The molecule has 8 heteroatoms. The minimum Gasteiger partial charge on any atom is -0.479 e. The smallest absolute Gasteiger partial charge is 0.424 e. The predicted molar refractivity (Wildman–Crippen MR) is 55.7 cm³/mol. The minimum absolute atomic E-state index is 0.00433. The number of aliphatic carboxylic acids is 1. The van der Waals surface area contributed by atoms with Crippen LogP contribution in [0, 0.1) is 5.82 Å². The van der Waals surface area contributed by atoms with Gasteiger partial charge in [-0.25, -0.2) is 9.18 Å². The number of alkyl halides is 3. The molecule has 0 aliphatic carbocycles. The molecule has 0 radical (unpaired) electrons. The van der Waals surface area contributed by atoms with E-state index in [4.69, 9.17) is 15.3 Å². The zero-order valence-electron chi connectivity index (χ0n) is 9.16. The van der Waals surface area contributed by atoms with Gasteiger partial charge in [0.25, 0.3) is 5.54 Å². The zero-order chi connectivity index (χ0) is 14.4. The van der Waals surface area contributed by atoms with Crippen molar-refractivity contribution in [1.82, 2.24) is 0 Å². The maximum absolute atomic E-state index is 12.9. The lowest BCUT2D eigenvalue weighted by Gasteiger charge is -2.24. The molecule has 0 fully saturated rings. The Hall–Kier alpha value is -2.09. The van der Waals surface area contributed by atoms with Crippen LogP contribution in [-0.2, 0) is 10.3 Å². The summed E-state index contributed by atoms with van der Waals surface area (Å²) >= 11 is 0. The molecule has 1 heterocycles. The van der Waals surface area contributed by atoms with Crippen molar-refractivity contribution < 1.29 is 31.9 Å². The molecule has 2 aromatic rings. The SMILES string of the molecule is NC(C(=O)O)(c1cc2cc(F)ccc2o1)C(F)(F)F. The van der Waals surface area contributed by atoms with Crippen LogP contribution < -0.4 is 5.73 Å². The number of rotatable bonds is 2. The maximum atomic E-state index is 12.9.